The number of nitrogens with zero attached hydrogens (tertiary/aromatic N) is 1. The van der Waals surface area contributed by atoms with E-state index in [0.717, 1.165) is 31.1 Å². The third-order valence-corrected chi connectivity index (χ3v) is 4.35. The zero-order chi connectivity index (χ0) is 14.5. The van der Waals surface area contributed by atoms with Crippen molar-refractivity contribution in [2.45, 2.75) is 26.2 Å². The molecule has 4 nitrogen and oxygen atoms in total. The summed E-state index contributed by atoms with van der Waals surface area (Å²) in [5, 5.41) is 0. The molecule has 110 valence electrons. The van der Waals surface area contributed by atoms with Crippen LogP contribution >= 0.6 is 0 Å². The Hall–Kier alpha value is -1.39. The molecule has 2 rings (SSSR count). The topological polar surface area (TPSA) is 58.4 Å². The number of hydrazine groups is 1. The van der Waals surface area contributed by atoms with Crippen molar-refractivity contribution in [3.05, 3.63) is 35.9 Å². The van der Waals surface area contributed by atoms with Crippen LogP contribution in [0.2, 0.25) is 0 Å². The Labute approximate surface area is 121 Å². The first kappa shape index (κ1) is 15.0. The van der Waals surface area contributed by atoms with Gasteiger partial charge in [0.25, 0.3) is 0 Å². The van der Waals surface area contributed by atoms with Gasteiger partial charge < -0.3 is 4.90 Å². The quantitative estimate of drug-likeness (QED) is 0.489. The molecule has 1 aliphatic heterocycles. The molecule has 0 spiro atoms. The number of nitrogens with one attached hydrogen (secondary N) is 1. The molecule has 1 aromatic rings. The molecule has 3 N–H and O–H groups in total. The number of carbonyl (C=O) groups excluding carboxylic acids is 1. The molecule has 4 heteroatoms. The van der Waals surface area contributed by atoms with Gasteiger partial charge >= 0.3 is 0 Å². The lowest BCUT2D eigenvalue weighted by molar-refractivity contribution is -0.123. The minimum Gasteiger partial charge on any atom is -0.302 e. The second kappa shape index (κ2) is 6.86. The Bertz CT molecular complexity index is 433. The maximum atomic E-state index is 12.1. The first-order valence-electron chi connectivity index (χ1n) is 7.39. The van der Waals surface area contributed by atoms with E-state index in [0.29, 0.717) is 5.92 Å². The van der Waals surface area contributed by atoms with E-state index in [1.807, 2.05) is 30.3 Å². The van der Waals surface area contributed by atoms with Gasteiger partial charge in [0.2, 0.25) is 5.91 Å². The van der Waals surface area contributed by atoms with E-state index in [-0.39, 0.29) is 11.8 Å². The fraction of sp³-hybridized carbons (Fsp3) is 0.562. The lowest BCUT2D eigenvalue weighted by Gasteiger charge is -2.23. The molecular formula is C16H25N3O. The molecule has 1 aromatic carbocycles. The third-order valence-electron chi connectivity index (χ3n) is 4.35. The van der Waals surface area contributed by atoms with Gasteiger partial charge in [-0.25, -0.2) is 5.84 Å². The van der Waals surface area contributed by atoms with Crippen LogP contribution < -0.4 is 11.3 Å². The van der Waals surface area contributed by atoms with Crippen molar-refractivity contribution >= 4 is 5.91 Å². The van der Waals surface area contributed by atoms with Gasteiger partial charge in [0.1, 0.15) is 0 Å². The van der Waals surface area contributed by atoms with E-state index in [1.165, 1.54) is 6.42 Å². The predicted octanol–water partition coefficient (Wildman–Crippen LogP) is 1.74. The largest absolute Gasteiger partial charge is 0.302 e. The molecule has 0 saturated carbocycles. The predicted molar refractivity (Wildman–Crippen MR) is 80.9 cm³/mol. The van der Waals surface area contributed by atoms with Crippen LogP contribution in [0.4, 0.5) is 0 Å². The molecule has 0 aromatic heterocycles. The van der Waals surface area contributed by atoms with Gasteiger partial charge in [0.15, 0.2) is 0 Å². The number of benzene rings is 1. The van der Waals surface area contributed by atoms with E-state index in [4.69, 9.17) is 5.84 Å². The van der Waals surface area contributed by atoms with Crippen LogP contribution in [0.3, 0.4) is 0 Å². The third kappa shape index (κ3) is 3.58. The number of hydrogen-bond acceptors (Lipinski definition) is 3. The Morgan fingerprint density at radius 2 is 2.10 bits per heavy atom. The molecule has 1 heterocycles. The normalized spacial score (nSPS) is 21.1. The SMILES string of the molecule is CC(C)C1CCN(CC(C(=O)NN)c2ccccc2)C1. The minimum atomic E-state index is -0.188. The molecule has 1 aliphatic rings. The average molecular weight is 275 g/mol. The van der Waals surface area contributed by atoms with Crippen molar-refractivity contribution in [2.75, 3.05) is 19.6 Å². The fourth-order valence-corrected chi connectivity index (χ4v) is 2.96. The first-order valence-corrected chi connectivity index (χ1v) is 7.39. The second-order valence-electron chi connectivity index (χ2n) is 6.02. The maximum Gasteiger partial charge on any atom is 0.242 e. The molecule has 0 bridgehead atoms. The lowest BCUT2D eigenvalue weighted by Crippen LogP contribution is -2.40. The molecule has 20 heavy (non-hydrogen) atoms. The maximum absolute atomic E-state index is 12.1. The molecule has 0 radical (unpaired) electrons. The minimum absolute atomic E-state index is 0.107. The number of hydrogen-bond donors (Lipinski definition) is 2. The summed E-state index contributed by atoms with van der Waals surface area (Å²) in [4.78, 5) is 14.4. The highest BCUT2D eigenvalue weighted by Crippen LogP contribution is 2.26. The van der Waals surface area contributed by atoms with Crippen molar-refractivity contribution < 1.29 is 4.79 Å². The monoisotopic (exact) mass is 275 g/mol. The zero-order valence-corrected chi connectivity index (χ0v) is 12.4. The molecule has 1 fully saturated rings. The smallest absolute Gasteiger partial charge is 0.242 e. The molecule has 2 atom stereocenters. The lowest BCUT2D eigenvalue weighted by atomic mass is 9.95. The van der Waals surface area contributed by atoms with E-state index in [2.05, 4.69) is 24.2 Å². The van der Waals surface area contributed by atoms with Gasteiger partial charge in [-0.1, -0.05) is 44.2 Å². The van der Waals surface area contributed by atoms with Gasteiger partial charge in [0.05, 0.1) is 5.92 Å². The average Bonchev–Trinajstić information content (AvgIpc) is 2.94. The van der Waals surface area contributed by atoms with Crippen LogP contribution in [0.5, 0.6) is 0 Å². The Morgan fingerprint density at radius 1 is 1.40 bits per heavy atom. The van der Waals surface area contributed by atoms with E-state index >= 15 is 0 Å². The van der Waals surface area contributed by atoms with Gasteiger partial charge in [-0.2, -0.15) is 0 Å². The van der Waals surface area contributed by atoms with Gasteiger partial charge in [-0.05, 0) is 30.4 Å². The Balaban J connectivity index is 2.04. The summed E-state index contributed by atoms with van der Waals surface area (Å²) in [5.74, 6) is 6.50. The highest BCUT2D eigenvalue weighted by molar-refractivity contribution is 5.83. The summed E-state index contributed by atoms with van der Waals surface area (Å²) in [5.41, 5.74) is 3.34. The summed E-state index contributed by atoms with van der Waals surface area (Å²) in [6.07, 6.45) is 1.23. The van der Waals surface area contributed by atoms with Crippen LogP contribution in [-0.4, -0.2) is 30.4 Å². The summed E-state index contributed by atoms with van der Waals surface area (Å²) >= 11 is 0. The van der Waals surface area contributed by atoms with E-state index in [1.54, 1.807) is 0 Å². The van der Waals surface area contributed by atoms with Crippen molar-refractivity contribution in [3.63, 3.8) is 0 Å². The van der Waals surface area contributed by atoms with Crippen molar-refractivity contribution in [1.29, 1.82) is 0 Å². The molecule has 2 unspecified atom stereocenters. The zero-order valence-electron chi connectivity index (χ0n) is 12.4. The highest BCUT2D eigenvalue weighted by Gasteiger charge is 2.29. The number of carbonyl (C=O) groups is 1. The van der Waals surface area contributed by atoms with E-state index in [9.17, 15) is 4.79 Å². The van der Waals surface area contributed by atoms with Gasteiger partial charge in [-0.3, -0.25) is 10.2 Å². The van der Waals surface area contributed by atoms with Crippen molar-refractivity contribution in [2.24, 2.45) is 17.7 Å². The van der Waals surface area contributed by atoms with Crippen LogP contribution in [0, 0.1) is 11.8 Å². The van der Waals surface area contributed by atoms with Crippen molar-refractivity contribution in [1.82, 2.24) is 10.3 Å². The molecule has 1 amide bonds. The summed E-state index contributed by atoms with van der Waals surface area (Å²) < 4.78 is 0. The van der Waals surface area contributed by atoms with Gasteiger partial charge in [0, 0.05) is 13.1 Å². The van der Waals surface area contributed by atoms with Crippen LogP contribution in [0.25, 0.3) is 0 Å². The number of nitrogens with two attached hydrogens (primary N) is 1. The summed E-state index contributed by atoms with van der Waals surface area (Å²) in [7, 11) is 0. The standard InChI is InChI=1S/C16H25N3O/c1-12(2)14-8-9-19(10-14)11-15(16(20)18-17)13-6-4-3-5-7-13/h3-7,12,14-15H,8-11,17H2,1-2H3,(H,18,20). The molecule has 1 saturated heterocycles. The molecule has 0 aliphatic carbocycles. The second-order valence-corrected chi connectivity index (χ2v) is 6.02. The summed E-state index contributed by atoms with van der Waals surface area (Å²) in [6, 6.07) is 9.89. The van der Waals surface area contributed by atoms with Crippen molar-refractivity contribution in [3.8, 4) is 0 Å². The Morgan fingerprint density at radius 3 is 2.65 bits per heavy atom. The first-order chi connectivity index (χ1) is 9.61. The van der Waals surface area contributed by atoms with Gasteiger partial charge in [-0.15, -0.1) is 0 Å². The number of rotatable bonds is 5. The number of amides is 1. The van der Waals surface area contributed by atoms with Crippen LogP contribution in [0.1, 0.15) is 31.7 Å². The highest BCUT2D eigenvalue weighted by atomic mass is 16.2. The summed E-state index contributed by atoms with van der Waals surface area (Å²) in [6.45, 7) is 7.45. The van der Waals surface area contributed by atoms with Crippen LogP contribution in [0.15, 0.2) is 30.3 Å². The fourth-order valence-electron chi connectivity index (χ4n) is 2.96. The number of likely N-dealkylation sites (tertiary alicyclic amines) is 1. The Kier molecular flexibility index (Phi) is 5.15. The van der Waals surface area contributed by atoms with E-state index < -0.39 is 0 Å². The molecular weight excluding hydrogens is 250 g/mol. The van der Waals surface area contributed by atoms with Crippen LogP contribution in [-0.2, 0) is 4.79 Å².